The minimum atomic E-state index is -0.365. The first-order valence-corrected chi connectivity index (χ1v) is 12.2. The van der Waals surface area contributed by atoms with E-state index in [4.69, 9.17) is 0 Å². The summed E-state index contributed by atoms with van der Waals surface area (Å²) < 4.78 is 17.0. The zero-order chi connectivity index (χ0) is 25.4. The van der Waals surface area contributed by atoms with E-state index in [0.717, 1.165) is 17.0 Å². The molecule has 182 valence electrons. The van der Waals surface area contributed by atoms with Gasteiger partial charge in [-0.15, -0.1) is 11.3 Å². The monoisotopic (exact) mass is 502 g/mol. The van der Waals surface area contributed by atoms with Crippen LogP contribution in [0.4, 0.5) is 4.39 Å². The molecule has 1 amide bonds. The van der Waals surface area contributed by atoms with Gasteiger partial charge in [-0.1, -0.05) is 12.1 Å². The zero-order valence-electron chi connectivity index (χ0n) is 19.9. The number of halogens is 1. The van der Waals surface area contributed by atoms with Crippen LogP contribution in [0.2, 0.25) is 0 Å². The van der Waals surface area contributed by atoms with E-state index in [-0.39, 0.29) is 23.7 Å². The molecule has 0 radical (unpaired) electrons. The lowest BCUT2D eigenvalue weighted by molar-refractivity contribution is -0.120. The van der Waals surface area contributed by atoms with Gasteiger partial charge in [0.05, 0.1) is 35.6 Å². The van der Waals surface area contributed by atoms with Crippen LogP contribution >= 0.6 is 11.3 Å². The van der Waals surface area contributed by atoms with E-state index in [9.17, 15) is 14.0 Å². The minimum absolute atomic E-state index is 0.0207. The van der Waals surface area contributed by atoms with Crippen molar-refractivity contribution in [3.63, 3.8) is 0 Å². The molecule has 8 nitrogen and oxygen atoms in total. The number of amides is 1. The fourth-order valence-electron chi connectivity index (χ4n) is 4.09. The number of hydrogen-bond acceptors (Lipinski definition) is 6. The maximum Gasteiger partial charge on any atom is 0.268 e. The van der Waals surface area contributed by atoms with Crippen LogP contribution in [-0.4, -0.2) is 30.1 Å². The van der Waals surface area contributed by atoms with E-state index in [0.29, 0.717) is 39.8 Å². The van der Waals surface area contributed by atoms with Crippen molar-refractivity contribution in [2.45, 2.75) is 33.7 Å². The summed E-state index contributed by atoms with van der Waals surface area (Å²) in [5, 5.41) is 9.24. The first kappa shape index (κ1) is 23.6. The van der Waals surface area contributed by atoms with E-state index >= 15 is 0 Å². The molecule has 36 heavy (non-hydrogen) atoms. The van der Waals surface area contributed by atoms with Gasteiger partial charge in [-0.25, -0.2) is 14.1 Å². The lowest BCUT2D eigenvalue weighted by Gasteiger charge is -2.08. The van der Waals surface area contributed by atoms with Crippen molar-refractivity contribution in [2.75, 3.05) is 0 Å². The normalized spacial score (nSPS) is 11.2. The highest BCUT2D eigenvalue weighted by atomic mass is 32.1. The molecule has 5 rings (SSSR count). The van der Waals surface area contributed by atoms with Gasteiger partial charge in [-0.2, -0.15) is 5.10 Å². The first-order valence-electron chi connectivity index (χ1n) is 11.3. The van der Waals surface area contributed by atoms with Gasteiger partial charge in [0.1, 0.15) is 11.5 Å². The molecule has 4 aromatic heterocycles. The summed E-state index contributed by atoms with van der Waals surface area (Å²) in [6.45, 7) is 5.79. The molecule has 0 aliphatic rings. The highest BCUT2D eigenvalue weighted by Crippen LogP contribution is 2.25. The maximum absolute atomic E-state index is 13.9. The van der Waals surface area contributed by atoms with Gasteiger partial charge in [0.25, 0.3) is 5.56 Å². The zero-order valence-corrected chi connectivity index (χ0v) is 20.8. The maximum atomic E-state index is 13.9. The molecule has 0 aliphatic heterocycles. The Kier molecular flexibility index (Phi) is 6.19. The molecule has 0 unspecified atom stereocenters. The number of carbonyl (C=O) groups excluding carboxylic acids is 1. The van der Waals surface area contributed by atoms with Crippen LogP contribution in [0.1, 0.15) is 28.3 Å². The molecule has 4 heterocycles. The van der Waals surface area contributed by atoms with Crippen molar-refractivity contribution in [3.05, 3.63) is 98.6 Å². The number of pyridine rings is 1. The number of nitrogens with one attached hydrogen (secondary N) is 1. The van der Waals surface area contributed by atoms with E-state index in [1.807, 2.05) is 32.0 Å². The molecule has 1 aromatic carbocycles. The summed E-state index contributed by atoms with van der Waals surface area (Å²) in [6.07, 6.45) is 1.69. The lowest BCUT2D eigenvalue weighted by atomic mass is 10.1. The molecular weight excluding hydrogens is 479 g/mol. The van der Waals surface area contributed by atoms with Gasteiger partial charge >= 0.3 is 0 Å². The Morgan fingerprint density at radius 2 is 1.97 bits per heavy atom. The fraction of sp³-hybridized carbons (Fsp3) is 0.192. The van der Waals surface area contributed by atoms with E-state index in [1.165, 1.54) is 27.9 Å². The highest BCUT2D eigenvalue weighted by Gasteiger charge is 2.20. The number of benzene rings is 1. The summed E-state index contributed by atoms with van der Waals surface area (Å²) in [6, 6.07) is 11.8. The molecule has 0 bridgehead atoms. The third kappa shape index (κ3) is 4.42. The Bertz CT molecular complexity index is 1650. The van der Waals surface area contributed by atoms with E-state index < -0.39 is 0 Å². The molecular formula is C26H23FN6O2S. The molecule has 0 aliphatic carbocycles. The number of nitrogens with zero attached hydrogens (tertiary/aromatic N) is 5. The predicted molar refractivity (Wildman–Crippen MR) is 136 cm³/mol. The average Bonchev–Trinajstić information content (AvgIpc) is 3.43. The van der Waals surface area contributed by atoms with Crippen LogP contribution < -0.4 is 10.9 Å². The van der Waals surface area contributed by atoms with Crippen molar-refractivity contribution in [1.82, 2.24) is 29.5 Å². The van der Waals surface area contributed by atoms with Crippen LogP contribution in [0.25, 0.3) is 21.9 Å². The Hall–Kier alpha value is -4.18. The van der Waals surface area contributed by atoms with Crippen molar-refractivity contribution >= 4 is 22.2 Å². The van der Waals surface area contributed by atoms with Gasteiger partial charge in [0.15, 0.2) is 4.96 Å². The molecule has 1 N–H and O–H groups in total. The van der Waals surface area contributed by atoms with Crippen molar-refractivity contribution in [3.8, 4) is 16.9 Å². The molecule has 0 saturated carbocycles. The highest BCUT2D eigenvalue weighted by molar-refractivity contribution is 7.15. The summed E-state index contributed by atoms with van der Waals surface area (Å²) in [5.41, 5.74) is 4.53. The third-order valence-corrected chi connectivity index (χ3v) is 6.77. The fourth-order valence-corrected chi connectivity index (χ4v) is 5.02. The van der Waals surface area contributed by atoms with Crippen molar-refractivity contribution in [1.29, 1.82) is 0 Å². The summed E-state index contributed by atoms with van der Waals surface area (Å²) in [7, 11) is 0. The summed E-state index contributed by atoms with van der Waals surface area (Å²) >= 11 is 1.30. The number of thiazole rings is 1. The lowest BCUT2D eigenvalue weighted by Crippen LogP contribution is -2.27. The molecule has 0 atom stereocenters. The minimum Gasteiger partial charge on any atom is -0.350 e. The number of aryl methyl sites for hydroxylation is 3. The van der Waals surface area contributed by atoms with Crippen molar-refractivity contribution < 1.29 is 9.18 Å². The van der Waals surface area contributed by atoms with Gasteiger partial charge < -0.3 is 5.32 Å². The second-order valence-corrected chi connectivity index (χ2v) is 9.35. The number of hydrogen-bond donors (Lipinski definition) is 1. The van der Waals surface area contributed by atoms with Gasteiger partial charge in [0, 0.05) is 23.0 Å². The number of aromatic nitrogens is 5. The van der Waals surface area contributed by atoms with E-state index in [1.54, 1.807) is 35.3 Å². The topological polar surface area (TPSA) is 94.2 Å². The Morgan fingerprint density at radius 1 is 1.14 bits per heavy atom. The predicted octanol–water partition coefficient (Wildman–Crippen LogP) is 3.93. The molecule has 10 heteroatoms. The van der Waals surface area contributed by atoms with Gasteiger partial charge in [-0.3, -0.25) is 19.0 Å². The van der Waals surface area contributed by atoms with Crippen LogP contribution in [-0.2, 0) is 17.8 Å². The molecule has 0 saturated heterocycles. The standard InChI is InChI=1S/C26H23FN6O2S/c1-15-7-8-18(27)11-22(15)33-16(2)10-21(31-33)24-17(3)30-26-32(25(24)35)20(14-36-26)12-23(34)29-13-19-6-4-5-9-28-19/h4-11,14H,12-13H2,1-3H3,(H,29,34). The summed E-state index contributed by atoms with van der Waals surface area (Å²) in [5.74, 6) is -0.591. The quantitative estimate of drug-likeness (QED) is 0.380. The number of carbonyl (C=O) groups is 1. The van der Waals surface area contributed by atoms with Crippen LogP contribution in [0.3, 0.4) is 0 Å². The van der Waals surface area contributed by atoms with Crippen LogP contribution in [0.5, 0.6) is 0 Å². The van der Waals surface area contributed by atoms with Gasteiger partial charge in [-0.05, 0) is 56.7 Å². The largest absolute Gasteiger partial charge is 0.350 e. The SMILES string of the molecule is Cc1ccc(F)cc1-n1nc(-c2c(C)nc3scc(CC(=O)NCc4ccccn4)n3c2=O)cc1C. The average molecular weight is 503 g/mol. The second kappa shape index (κ2) is 9.46. The van der Waals surface area contributed by atoms with E-state index in [2.05, 4.69) is 20.4 Å². The first-order chi connectivity index (χ1) is 17.3. The van der Waals surface area contributed by atoms with Gasteiger partial charge in [0.2, 0.25) is 5.91 Å². The van der Waals surface area contributed by atoms with Crippen molar-refractivity contribution in [2.24, 2.45) is 0 Å². The molecule has 0 fully saturated rings. The summed E-state index contributed by atoms with van der Waals surface area (Å²) in [4.78, 5) is 35.6. The third-order valence-electron chi connectivity index (χ3n) is 5.90. The number of fused-ring (bicyclic) bond motifs is 1. The number of rotatable bonds is 6. The Labute approximate surface area is 210 Å². The molecule has 5 aromatic rings. The Morgan fingerprint density at radius 3 is 2.75 bits per heavy atom. The Balaban J connectivity index is 1.49. The van der Waals surface area contributed by atoms with Crippen LogP contribution in [0.15, 0.2) is 58.8 Å². The molecule has 0 spiro atoms. The second-order valence-electron chi connectivity index (χ2n) is 8.51. The van der Waals surface area contributed by atoms with Crippen LogP contribution in [0, 0.1) is 26.6 Å². The smallest absolute Gasteiger partial charge is 0.268 e.